The van der Waals surface area contributed by atoms with Gasteiger partial charge >= 0.3 is 18.0 Å². The largest absolute Gasteiger partial charge is 0.508 e. The third-order valence-corrected chi connectivity index (χ3v) is 6.53. The minimum absolute atomic E-state index is 0.0299. The number of nitrogens with one attached hydrogen (secondary N) is 2. The molecule has 7 N–H and O–H groups in total. The van der Waals surface area contributed by atoms with Crippen molar-refractivity contribution in [1.29, 1.82) is 0 Å². The predicted molar refractivity (Wildman–Crippen MR) is 143 cm³/mol. The number of benzene rings is 3. The number of amides is 3. The summed E-state index contributed by atoms with van der Waals surface area (Å²) in [5, 5.41) is 55.2. The Labute approximate surface area is 237 Å². The van der Waals surface area contributed by atoms with Crippen molar-refractivity contribution < 1.29 is 54.2 Å². The number of ketones is 1. The molecule has 1 saturated heterocycles. The molecule has 0 bridgehead atoms. The van der Waals surface area contributed by atoms with Crippen LogP contribution in [0.3, 0.4) is 0 Å². The zero-order chi connectivity index (χ0) is 30.7. The van der Waals surface area contributed by atoms with Crippen molar-refractivity contribution in [2.75, 3.05) is 20.1 Å². The van der Waals surface area contributed by atoms with Gasteiger partial charge in [0.05, 0.1) is 29.3 Å². The number of carboxylic acid groups (broad SMARTS) is 1. The first-order valence-corrected chi connectivity index (χ1v) is 12.3. The van der Waals surface area contributed by atoms with Gasteiger partial charge in [0.15, 0.2) is 0 Å². The van der Waals surface area contributed by atoms with Gasteiger partial charge in [-0.1, -0.05) is 6.07 Å². The molecule has 0 aliphatic carbocycles. The van der Waals surface area contributed by atoms with Gasteiger partial charge in [0.25, 0.3) is 5.91 Å². The lowest BCUT2D eigenvalue weighted by Gasteiger charge is -2.20. The van der Waals surface area contributed by atoms with E-state index in [4.69, 9.17) is 4.74 Å². The maximum atomic E-state index is 13.0. The van der Waals surface area contributed by atoms with Crippen LogP contribution in [-0.2, 0) is 4.74 Å². The van der Waals surface area contributed by atoms with E-state index in [0.29, 0.717) is 0 Å². The summed E-state index contributed by atoms with van der Waals surface area (Å²) in [6.45, 7) is -0.149. The maximum absolute atomic E-state index is 13.0. The van der Waals surface area contributed by atoms with Crippen LogP contribution in [0.25, 0.3) is 0 Å². The van der Waals surface area contributed by atoms with Crippen molar-refractivity contribution in [2.24, 2.45) is 0 Å². The molecule has 2 atom stereocenters. The predicted octanol–water partition coefficient (Wildman–Crippen LogP) is 1.42. The second kappa shape index (κ2) is 11.8. The molecule has 3 aromatic carbocycles. The molecule has 1 heterocycles. The number of carbonyl (C=O) groups excluding carboxylic acids is 4. The number of urea groups is 1. The lowest BCUT2D eigenvalue weighted by molar-refractivity contribution is 0.0270. The van der Waals surface area contributed by atoms with Crippen molar-refractivity contribution in [3.05, 3.63) is 82.4 Å². The number of nitrogens with zero attached hydrogens (tertiary/aromatic N) is 1. The highest BCUT2D eigenvalue weighted by molar-refractivity contribution is 6.18. The fraction of sp³-hybridized carbons (Fsp3) is 0.179. The molecule has 3 amide bonds. The number of hydrogen-bond acceptors (Lipinski definition) is 10. The van der Waals surface area contributed by atoms with Gasteiger partial charge in [0.2, 0.25) is 5.78 Å². The molecule has 1 aliphatic rings. The summed E-state index contributed by atoms with van der Waals surface area (Å²) in [4.78, 5) is 63.9. The van der Waals surface area contributed by atoms with Crippen molar-refractivity contribution in [1.82, 2.24) is 15.5 Å². The summed E-state index contributed by atoms with van der Waals surface area (Å²) >= 11 is 0. The summed E-state index contributed by atoms with van der Waals surface area (Å²) in [6, 6.07) is 8.93. The Morgan fingerprint density at radius 3 is 2.07 bits per heavy atom. The first-order chi connectivity index (χ1) is 19.9. The summed E-state index contributed by atoms with van der Waals surface area (Å²) in [7, 11) is 1.40. The highest BCUT2D eigenvalue weighted by Crippen LogP contribution is 2.35. The Morgan fingerprint density at radius 2 is 1.48 bits per heavy atom. The van der Waals surface area contributed by atoms with Crippen molar-refractivity contribution >= 4 is 29.7 Å². The van der Waals surface area contributed by atoms with E-state index in [2.05, 4.69) is 10.6 Å². The summed E-state index contributed by atoms with van der Waals surface area (Å²) < 4.78 is 5.52. The van der Waals surface area contributed by atoms with E-state index in [9.17, 15) is 49.5 Å². The summed E-state index contributed by atoms with van der Waals surface area (Å²) in [5.74, 6) is -6.96. The van der Waals surface area contributed by atoms with E-state index < -0.39 is 81.3 Å². The van der Waals surface area contributed by atoms with E-state index in [-0.39, 0.29) is 24.4 Å². The summed E-state index contributed by atoms with van der Waals surface area (Å²) in [5.41, 5.74) is -2.23. The van der Waals surface area contributed by atoms with Crippen LogP contribution in [0.15, 0.2) is 54.6 Å². The average Bonchev–Trinajstić information content (AvgIpc) is 3.33. The molecule has 3 aromatic rings. The van der Waals surface area contributed by atoms with Crippen LogP contribution in [0.5, 0.6) is 23.0 Å². The third kappa shape index (κ3) is 5.86. The molecule has 4 rings (SSSR count). The molecule has 14 heteroatoms. The second-order valence-corrected chi connectivity index (χ2v) is 9.25. The highest BCUT2D eigenvalue weighted by Gasteiger charge is 2.39. The third-order valence-electron chi connectivity index (χ3n) is 6.53. The van der Waals surface area contributed by atoms with E-state index in [1.54, 1.807) is 0 Å². The first-order valence-electron chi connectivity index (χ1n) is 12.3. The molecule has 14 nitrogen and oxygen atoms in total. The van der Waals surface area contributed by atoms with Crippen molar-refractivity contribution in [3.63, 3.8) is 0 Å². The van der Waals surface area contributed by atoms with Crippen LogP contribution in [0.2, 0.25) is 0 Å². The molecule has 0 aromatic heterocycles. The number of phenolic OH excluding ortho intramolecular Hbond substituents is 4. The van der Waals surface area contributed by atoms with Crippen LogP contribution >= 0.6 is 0 Å². The van der Waals surface area contributed by atoms with Crippen LogP contribution in [0.4, 0.5) is 4.79 Å². The molecule has 42 heavy (non-hydrogen) atoms. The molecule has 1 fully saturated rings. The molecule has 0 saturated carbocycles. The number of carbonyl (C=O) groups is 5. The topological polar surface area (TPSA) is 223 Å². The number of aromatic carboxylic acids is 1. The maximum Gasteiger partial charge on any atom is 0.338 e. The quantitative estimate of drug-likeness (QED) is 0.157. The summed E-state index contributed by atoms with van der Waals surface area (Å²) in [6.07, 6.45) is -1.07. The van der Waals surface area contributed by atoms with Crippen molar-refractivity contribution in [3.8, 4) is 23.0 Å². The lowest BCUT2D eigenvalue weighted by Crippen LogP contribution is -2.45. The molecule has 1 aliphatic heterocycles. The smallest absolute Gasteiger partial charge is 0.338 e. The van der Waals surface area contributed by atoms with E-state index in [0.717, 1.165) is 24.3 Å². The highest BCUT2D eigenvalue weighted by atomic mass is 16.5. The van der Waals surface area contributed by atoms with Gasteiger partial charge in [-0.05, 0) is 48.5 Å². The van der Waals surface area contributed by atoms with Crippen LogP contribution < -0.4 is 10.6 Å². The van der Waals surface area contributed by atoms with E-state index in [1.807, 2.05) is 0 Å². The minimum atomic E-state index is -1.54. The fourth-order valence-electron chi connectivity index (χ4n) is 4.47. The van der Waals surface area contributed by atoms with Crippen molar-refractivity contribution in [2.45, 2.75) is 12.1 Å². The number of esters is 1. The Kier molecular flexibility index (Phi) is 8.17. The van der Waals surface area contributed by atoms with Gasteiger partial charge < -0.3 is 45.8 Å². The number of rotatable bonds is 7. The molecular formula is C28H25N3O11. The molecule has 218 valence electrons. The average molecular weight is 580 g/mol. The van der Waals surface area contributed by atoms with Gasteiger partial charge in [-0.3, -0.25) is 9.59 Å². The Hall–Kier alpha value is -5.79. The Bertz CT molecular complexity index is 1560. The van der Waals surface area contributed by atoms with Crippen LogP contribution in [0, 0.1) is 0 Å². The number of ether oxygens (including phenoxy) is 1. The van der Waals surface area contributed by atoms with Gasteiger partial charge in [-0.2, -0.15) is 0 Å². The normalized spacial score (nSPS) is 16.0. The van der Waals surface area contributed by atoms with E-state index in [1.165, 1.54) is 42.3 Å². The fourth-order valence-corrected chi connectivity index (χ4v) is 4.47. The van der Waals surface area contributed by atoms with Crippen LogP contribution in [0.1, 0.15) is 47.0 Å². The number of aromatic hydroxyl groups is 4. The number of likely N-dealkylation sites (tertiary alicyclic amines) is 1. The van der Waals surface area contributed by atoms with Gasteiger partial charge in [-0.25, -0.2) is 14.4 Å². The SMILES string of the molecule is CNC(=O)N1C[C@@H](NC(=O)c2ccc(O)cc2)[C@H](OC(=O)c2cc(O)c(C(=O)c3c(O)cccc3C(=O)O)c(O)c2)C1. The number of hydrogen-bond donors (Lipinski definition) is 7. The lowest BCUT2D eigenvalue weighted by atomic mass is 9.95. The first kappa shape index (κ1) is 29.2. The molecule has 0 unspecified atom stereocenters. The van der Waals surface area contributed by atoms with Crippen LogP contribution in [-0.4, -0.2) is 92.4 Å². The van der Waals surface area contributed by atoms with E-state index >= 15 is 0 Å². The Balaban J connectivity index is 1.58. The van der Waals surface area contributed by atoms with Gasteiger partial charge in [-0.15, -0.1) is 0 Å². The molecule has 0 radical (unpaired) electrons. The van der Waals surface area contributed by atoms with Gasteiger partial charge in [0.1, 0.15) is 34.7 Å². The second-order valence-electron chi connectivity index (χ2n) is 9.25. The monoisotopic (exact) mass is 579 g/mol. The number of carboxylic acids is 1. The zero-order valence-electron chi connectivity index (χ0n) is 21.9. The molecule has 0 spiro atoms. The minimum Gasteiger partial charge on any atom is -0.508 e. The molecular weight excluding hydrogens is 554 g/mol. The standard InChI is InChI=1S/C28H25N3O11/c1-29-28(41)31-11-17(30-25(37)13-5-7-15(32)8-6-13)21(12-31)42-27(40)14-9-19(34)23(20(35)10-14)24(36)22-16(26(38)39)3-2-4-18(22)33/h2-10,17,21,32-35H,11-12H2,1H3,(H,29,41)(H,30,37)(H,38,39)/t17-,21-/m1/s1. The van der Waals surface area contributed by atoms with Gasteiger partial charge in [0, 0.05) is 19.2 Å². The Morgan fingerprint density at radius 1 is 0.833 bits per heavy atom. The number of phenols is 4. The zero-order valence-corrected chi connectivity index (χ0v) is 21.9.